The Morgan fingerprint density at radius 2 is 1.60 bits per heavy atom. The predicted octanol–water partition coefficient (Wildman–Crippen LogP) is 5.28. The maximum atomic E-state index is 12.5. The molecule has 0 aliphatic rings. The summed E-state index contributed by atoms with van der Waals surface area (Å²) in [6.45, 7) is -2.93. The van der Waals surface area contributed by atoms with Crippen molar-refractivity contribution in [1.82, 2.24) is 0 Å². The van der Waals surface area contributed by atoms with E-state index >= 15 is 0 Å². The number of nitrogens with zero attached hydrogens (tertiary/aromatic N) is 1. The zero-order chi connectivity index (χ0) is 18.6. The smallest absolute Gasteiger partial charge is 0.387 e. The van der Waals surface area contributed by atoms with Crippen LogP contribution >= 0.6 is 31.9 Å². The van der Waals surface area contributed by atoms with Gasteiger partial charge in [0.15, 0.2) is 5.78 Å². The van der Waals surface area contributed by atoms with E-state index in [2.05, 4.69) is 36.6 Å². The maximum Gasteiger partial charge on any atom is 0.387 e. The molecule has 0 spiro atoms. The number of hydrogen-bond donors (Lipinski definition) is 0. The van der Waals surface area contributed by atoms with Crippen LogP contribution in [0.15, 0.2) is 48.5 Å². The zero-order valence-corrected chi connectivity index (χ0v) is 15.6. The van der Waals surface area contributed by atoms with Gasteiger partial charge in [-0.1, -0.05) is 44.0 Å². The second kappa shape index (κ2) is 8.48. The number of carbonyl (C=O) groups is 1. The number of benzene rings is 2. The van der Waals surface area contributed by atoms with Gasteiger partial charge in [0.25, 0.3) is 5.69 Å². The maximum absolute atomic E-state index is 12.5. The van der Waals surface area contributed by atoms with Gasteiger partial charge >= 0.3 is 6.61 Å². The van der Waals surface area contributed by atoms with Crippen LogP contribution in [0.1, 0.15) is 20.7 Å². The number of nitro groups is 1. The van der Waals surface area contributed by atoms with Crippen LogP contribution in [0.4, 0.5) is 14.5 Å². The van der Waals surface area contributed by atoms with Gasteiger partial charge in [0, 0.05) is 17.7 Å². The number of nitro benzene ring substituents is 1. The Balaban J connectivity index is 2.11. The molecule has 5 nitrogen and oxygen atoms in total. The molecule has 2 atom stereocenters. The molecule has 0 N–H and O–H groups in total. The Hall–Kier alpha value is -1.87. The monoisotopic (exact) mass is 477 g/mol. The third kappa shape index (κ3) is 5.05. The second-order valence-electron chi connectivity index (χ2n) is 4.92. The first-order valence-electron chi connectivity index (χ1n) is 6.91. The number of alkyl halides is 4. The Labute approximate surface area is 158 Å². The fraction of sp³-hybridized carbons (Fsp3) is 0.188. The number of Topliss-reactive ketones (excluding diaryl/α,β-unsaturated/α-hetero) is 1. The third-order valence-corrected chi connectivity index (χ3v) is 6.01. The normalized spacial score (nSPS) is 13.3. The fourth-order valence-corrected chi connectivity index (χ4v) is 3.16. The van der Waals surface area contributed by atoms with Gasteiger partial charge in [-0.2, -0.15) is 8.78 Å². The van der Waals surface area contributed by atoms with E-state index in [1.807, 2.05) is 0 Å². The number of hydrogen-bond acceptors (Lipinski definition) is 4. The fourth-order valence-electron chi connectivity index (χ4n) is 2.04. The highest BCUT2D eigenvalue weighted by Gasteiger charge is 2.26. The van der Waals surface area contributed by atoms with Crippen molar-refractivity contribution in [3.8, 4) is 5.75 Å². The average Bonchev–Trinajstić information content (AvgIpc) is 2.60. The highest BCUT2D eigenvalue weighted by Crippen LogP contribution is 2.34. The lowest BCUT2D eigenvalue weighted by molar-refractivity contribution is -0.384. The Morgan fingerprint density at radius 1 is 1.04 bits per heavy atom. The lowest BCUT2D eigenvalue weighted by atomic mass is 10.0. The van der Waals surface area contributed by atoms with Crippen molar-refractivity contribution in [3.63, 3.8) is 0 Å². The molecule has 0 fully saturated rings. The van der Waals surface area contributed by atoms with E-state index in [0.29, 0.717) is 11.1 Å². The van der Waals surface area contributed by atoms with Crippen molar-refractivity contribution in [1.29, 1.82) is 0 Å². The van der Waals surface area contributed by atoms with Crippen LogP contribution in [0.2, 0.25) is 0 Å². The molecular formula is C16H11Br2F2NO4. The summed E-state index contributed by atoms with van der Waals surface area (Å²) in [7, 11) is 0. The van der Waals surface area contributed by atoms with Crippen molar-refractivity contribution in [2.45, 2.75) is 16.3 Å². The molecule has 0 aliphatic carbocycles. The van der Waals surface area contributed by atoms with Gasteiger partial charge in [0.05, 0.1) is 14.6 Å². The molecule has 2 unspecified atom stereocenters. The van der Waals surface area contributed by atoms with Gasteiger partial charge < -0.3 is 4.74 Å². The quantitative estimate of drug-likeness (QED) is 0.235. The van der Waals surface area contributed by atoms with Crippen LogP contribution in [-0.2, 0) is 0 Å². The summed E-state index contributed by atoms with van der Waals surface area (Å²) in [5, 5.41) is 10.7. The highest BCUT2D eigenvalue weighted by atomic mass is 79.9. The van der Waals surface area contributed by atoms with E-state index < -0.39 is 21.2 Å². The minimum absolute atomic E-state index is 0.0385. The van der Waals surface area contributed by atoms with Crippen LogP contribution in [0.25, 0.3) is 0 Å². The lowest BCUT2D eigenvalue weighted by Crippen LogP contribution is -2.19. The number of ether oxygens (including phenoxy) is 1. The van der Waals surface area contributed by atoms with E-state index in [9.17, 15) is 23.7 Å². The molecule has 0 aliphatic heterocycles. The van der Waals surface area contributed by atoms with Crippen molar-refractivity contribution < 1.29 is 23.2 Å². The number of ketones is 1. The summed E-state index contributed by atoms with van der Waals surface area (Å²) in [6.07, 6.45) is 0. The van der Waals surface area contributed by atoms with Crippen molar-refractivity contribution in [2.75, 3.05) is 0 Å². The van der Waals surface area contributed by atoms with Crippen LogP contribution in [0.5, 0.6) is 5.75 Å². The minimum Gasteiger partial charge on any atom is -0.435 e. The van der Waals surface area contributed by atoms with E-state index in [1.165, 1.54) is 36.4 Å². The lowest BCUT2D eigenvalue weighted by Gasteiger charge is -2.16. The number of rotatable bonds is 7. The molecule has 0 saturated heterocycles. The molecule has 25 heavy (non-hydrogen) atoms. The topological polar surface area (TPSA) is 69.4 Å². The van der Waals surface area contributed by atoms with Gasteiger partial charge in [-0.05, 0) is 29.8 Å². The Kier molecular flexibility index (Phi) is 6.60. The van der Waals surface area contributed by atoms with Gasteiger partial charge in [-0.3, -0.25) is 14.9 Å². The number of non-ortho nitro benzene ring substituents is 1. The molecule has 0 amide bonds. The first-order valence-corrected chi connectivity index (χ1v) is 8.74. The minimum atomic E-state index is -2.93. The molecule has 0 radical (unpaired) electrons. The largest absolute Gasteiger partial charge is 0.435 e. The van der Waals surface area contributed by atoms with Crippen LogP contribution in [0, 0.1) is 10.1 Å². The standard InChI is InChI=1S/C16H11Br2F2NO4/c17-13(9-1-5-11(6-2-9)21(23)24)14(18)15(22)10-3-7-12(8-4-10)25-16(19)20/h1-8,13-14,16H. The van der Waals surface area contributed by atoms with Gasteiger partial charge in [0.2, 0.25) is 0 Å². The summed E-state index contributed by atoms with van der Waals surface area (Å²) in [4.78, 5) is 21.6. The first-order chi connectivity index (χ1) is 11.8. The molecule has 0 aromatic heterocycles. The Morgan fingerprint density at radius 3 is 2.08 bits per heavy atom. The SMILES string of the molecule is O=C(c1ccc(OC(F)F)cc1)C(Br)C(Br)c1ccc([N+](=O)[O-])cc1. The summed E-state index contributed by atoms with van der Waals surface area (Å²) in [5.74, 6) is -0.313. The van der Waals surface area contributed by atoms with E-state index in [1.54, 1.807) is 12.1 Å². The molecule has 9 heteroatoms. The third-order valence-electron chi connectivity index (χ3n) is 3.29. The second-order valence-corrected chi connectivity index (χ2v) is 6.89. The average molecular weight is 479 g/mol. The molecule has 0 heterocycles. The molecular weight excluding hydrogens is 468 g/mol. The van der Waals surface area contributed by atoms with Gasteiger partial charge in [0.1, 0.15) is 5.75 Å². The molecule has 0 saturated carbocycles. The van der Waals surface area contributed by atoms with Crippen LogP contribution < -0.4 is 4.74 Å². The van der Waals surface area contributed by atoms with Gasteiger partial charge in [-0.25, -0.2) is 0 Å². The first kappa shape index (κ1) is 19.5. The Bertz CT molecular complexity index is 754. The molecule has 132 valence electrons. The molecule has 2 rings (SSSR count). The summed E-state index contributed by atoms with van der Waals surface area (Å²) in [6, 6.07) is 11.2. The zero-order valence-electron chi connectivity index (χ0n) is 12.4. The summed E-state index contributed by atoms with van der Waals surface area (Å²) >= 11 is 6.70. The van der Waals surface area contributed by atoms with Crippen molar-refractivity contribution in [3.05, 3.63) is 69.8 Å². The highest BCUT2D eigenvalue weighted by molar-refractivity contribution is 9.12. The summed E-state index contributed by atoms with van der Waals surface area (Å²) < 4.78 is 28.5. The van der Waals surface area contributed by atoms with Crippen LogP contribution in [-0.4, -0.2) is 22.1 Å². The predicted molar refractivity (Wildman–Crippen MR) is 94.9 cm³/mol. The van der Waals surface area contributed by atoms with E-state index in [-0.39, 0.29) is 17.2 Å². The van der Waals surface area contributed by atoms with E-state index in [0.717, 1.165) is 0 Å². The van der Waals surface area contributed by atoms with Crippen LogP contribution in [0.3, 0.4) is 0 Å². The van der Waals surface area contributed by atoms with Gasteiger partial charge in [-0.15, -0.1) is 0 Å². The van der Waals surface area contributed by atoms with Crippen molar-refractivity contribution >= 4 is 43.3 Å². The molecule has 2 aromatic rings. The molecule has 0 bridgehead atoms. The summed E-state index contributed by atoms with van der Waals surface area (Å²) in [5.41, 5.74) is 0.948. The van der Waals surface area contributed by atoms with E-state index in [4.69, 9.17) is 0 Å². The molecule has 2 aromatic carbocycles. The van der Waals surface area contributed by atoms with Crippen molar-refractivity contribution in [2.24, 2.45) is 0 Å². The number of carbonyl (C=O) groups excluding carboxylic acids is 1. The number of halogens is 4.